The van der Waals surface area contributed by atoms with Crippen LogP contribution in [0, 0.1) is 13.8 Å². The van der Waals surface area contributed by atoms with Gasteiger partial charge in [-0.1, -0.05) is 48.0 Å². The van der Waals surface area contributed by atoms with Crippen molar-refractivity contribution in [3.05, 3.63) is 65.2 Å². The van der Waals surface area contributed by atoms with Crippen LogP contribution in [0.25, 0.3) is 0 Å². The molecule has 2 aromatic carbocycles. The third kappa shape index (κ3) is 4.76. The van der Waals surface area contributed by atoms with E-state index in [0.29, 0.717) is 25.2 Å². The normalized spacial score (nSPS) is 16.4. The molecule has 1 saturated heterocycles. The van der Waals surface area contributed by atoms with Gasteiger partial charge in [-0.2, -0.15) is 0 Å². The number of benzene rings is 2. The monoisotopic (exact) mass is 379 g/mol. The minimum absolute atomic E-state index is 0.182. The largest absolute Gasteiger partial charge is 0.353 e. The fraction of sp³-hybridized carbons (Fsp3) is 0.318. The van der Waals surface area contributed by atoms with Crippen LogP contribution < -0.4 is 10.6 Å². The van der Waals surface area contributed by atoms with Gasteiger partial charge in [0.2, 0.25) is 17.7 Å². The second-order valence-electron chi connectivity index (χ2n) is 7.13. The Bertz CT molecular complexity index is 880. The number of carbonyl (C=O) groups is 3. The standard InChI is InChI=1S/C22H25N3O3/c1-15-8-9-18(16(2)12-15)24-20(26)14-21(27)25-11-10-23-22(28)19(25)13-17-6-4-3-5-7-17/h3-9,12,19H,10-11,13-14H2,1-2H3,(H,23,28)(H,24,26). The summed E-state index contributed by atoms with van der Waals surface area (Å²) in [4.78, 5) is 39.0. The Morgan fingerprint density at radius 2 is 1.89 bits per heavy atom. The summed E-state index contributed by atoms with van der Waals surface area (Å²) in [6, 6.07) is 14.7. The Labute approximate surface area is 164 Å². The maximum atomic E-state index is 12.8. The molecule has 146 valence electrons. The van der Waals surface area contributed by atoms with Gasteiger partial charge in [-0.15, -0.1) is 0 Å². The van der Waals surface area contributed by atoms with Crippen molar-refractivity contribution in [2.45, 2.75) is 32.7 Å². The van der Waals surface area contributed by atoms with Crippen LogP contribution >= 0.6 is 0 Å². The van der Waals surface area contributed by atoms with Crippen LogP contribution in [0.2, 0.25) is 0 Å². The average Bonchev–Trinajstić information content (AvgIpc) is 2.66. The van der Waals surface area contributed by atoms with Crippen molar-refractivity contribution < 1.29 is 14.4 Å². The molecule has 6 heteroatoms. The highest BCUT2D eigenvalue weighted by Gasteiger charge is 2.33. The predicted molar refractivity (Wildman–Crippen MR) is 108 cm³/mol. The van der Waals surface area contributed by atoms with E-state index in [1.165, 1.54) is 4.90 Å². The Balaban J connectivity index is 1.66. The lowest BCUT2D eigenvalue weighted by atomic mass is 10.0. The molecule has 1 unspecified atom stereocenters. The quantitative estimate of drug-likeness (QED) is 0.782. The number of hydrogen-bond acceptors (Lipinski definition) is 3. The van der Waals surface area contributed by atoms with E-state index in [9.17, 15) is 14.4 Å². The Morgan fingerprint density at radius 1 is 1.14 bits per heavy atom. The van der Waals surface area contributed by atoms with E-state index in [1.807, 2.05) is 62.4 Å². The lowest BCUT2D eigenvalue weighted by molar-refractivity contribution is -0.144. The van der Waals surface area contributed by atoms with Crippen molar-refractivity contribution in [2.75, 3.05) is 18.4 Å². The molecule has 1 atom stereocenters. The van der Waals surface area contributed by atoms with Crippen LogP contribution in [0.15, 0.2) is 48.5 Å². The van der Waals surface area contributed by atoms with Crippen LogP contribution in [0.5, 0.6) is 0 Å². The van der Waals surface area contributed by atoms with E-state index in [-0.39, 0.29) is 24.1 Å². The lowest BCUT2D eigenvalue weighted by Crippen LogP contribution is -2.58. The minimum Gasteiger partial charge on any atom is -0.353 e. The molecular weight excluding hydrogens is 354 g/mol. The number of anilines is 1. The van der Waals surface area contributed by atoms with Gasteiger partial charge in [-0.3, -0.25) is 14.4 Å². The lowest BCUT2D eigenvalue weighted by Gasteiger charge is -2.35. The average molecular weight is 379 g/mol. The number of nitrogens with one attached hydrogen (secondary N) is 2. The van der Waals surface area contributed by atoms with Gasteiger partial charge in [0, 0.05) is 25.2 Å². The first kappa shape index (κ1) is 19.6. The zero-order valence-electron chi connectivity index (χ0n) is 16.2. The number of aryl methyl sites for hydroxylation is 2. The third-order valence-electron chi connectivity index (χ3n) is 4.89. The fourth-order valence-corrected chi connectivity index (χ4v) is 3.44. The molecule has 6 nitrogen and oxygen atoms in total. The van der Waals surface area contributed by atoms with Gasteiger partial charge in [-0.25, -0.2) is 0 Å². The van der Waals surface area contributed by atoms with Crippen molar-refractivity contribution in [2.24, 2.45) is 0 Å². The fourth-order valence-electron chi connectivity index (χ4n) is 3.44. The molecule has 2 aromatic rings. The van der Waals surface area contributed by atoms with E-state index in [1.54, 1.807) is 0 Å². The summed E-state index contributed by atoms with van der Waals surface area (Å²) in [5.74, 6) is -0.891. The Hall–Kier alpha value is -3.15. The smallest absolute Gasteiger partial charge is 0.243 e. The Kier molecular flexibility index (Phi) is 6.09. The summed E-state index contributed by atoms with van der Waals surface area (Å²) in [6.45, 7) is 4.69. The molecule has 28 heavy (non-hydrogen) atoms. The summed E-state index contributed by atoms with van der Waals surface area (Å²) < 4.78 is 0. The molecule has 1 heterocycles. The van der Waals surface area contributed by atoms with Crippen molar-refractivity contribution in [3.63, 3.8) is 0 Å². The number of amides is 3. The molecule has 2 N–H and O–H groups in total. The first-order valence-corrected chi connectivity index (χ1v) is 9.42. The maximum Gasteiger partial charge on any atom is 0.243 e. The molecule has 1 fully saturated rings. The molecule has 0 bridgehead atoms. The van der Waals surface area contributed by atoms with E-state index < -0.39 is 6.04 Å². The van der Waals surface area contributed by atoms with E-state index in [4.69, 9.17) is 0 Å². The number of hydrogen-bond donors (Lipinski definition) is 2. The van der Waals surface area contributed by atoms with Crippen molar-refractivity contribution >= 4 is 23.4 Å². The van der Waals surface area contributed by atoms with Crippen molar-refractivity contribution in [1.82, 2.24) is 10.2 Å². The van der Waals surface area contributed by atoms with Gasteiger partial charge in [0.05, 0.1) is 0 Å². The summed E-state index contributed by atoms with van der Waals surface area (Å²) in [5.41, 5.74) is 3.72. The van der Waals surface area contributed by atoms with Crippen LogP contribution in [0.4, 0.5) is 5.69 Å². The zero-order valence-corrected chi connectivity index (χ0v) is 16.2. The van der Waals surface area contributed by atoms with Crippen LogP contribution in [0.3, 0.4) is 0 Å². The van der Waals surface area contributed by atoms with Crippen molar-refractivity contribution in [1.29, 1.82) is 0 Å². The van der Waals surface area contributed by atoms with Gasteiger partial charge in [0.15, 0.2) is 0 Å². The first-order valence-electron chi connectivity index (χ1n) is 9.42. The highest BCUT2D eigenvalue weighted by atomic mass is 16.2. The number of nitrogens with zero attached hydrogens (tertiary/aromatic N) is 1. The number of carbonyl (C=O) groups excluding carboxylic acids is 3. The molecule has 0 spiro atoms. The van der Waals surface area contributed by atoms with E-state index in [2.05, 4.69) is 10.6 Å². The highest BCUT2D eigenvalue weighted by molar-refractivity contribution is 6.05. The maximum absolute atomic E-state index is 12.8. The molecule has 0 radical (unpaired) electrons. The van der Waals surface area contributed by atoms with Crippen LogP contribution in [-0.2, 0) is 20.8 Å². The topological polar surface area (TPSA) is 78.5 Å². The second-order valence-corrected chi connectivity index (χ2v) is 7.13. The molecule has 0 aromatic heterocycles. The summed E-state index contributed by atoms with van der Waals surface area (Å²) >= 11 is 0. The molecule has 0 aliphatic carbocycles. The second kappa shape index (κ2) is 8.69. The SMILES string of the molecule is Cc1ccc(NC(=O)CC(=O)N2CCNC(=O)C2Cc2ccccc2)c(C)c1. The minimum atomic E-state index is -0.599. The first-order chi connectivity index (χ1) is 13.4. The van der Waals surface area contributed by atoms with Gasteiger partial charge >= 0.3 is 0 Å². The molecule has 3 rings (SSSR count). The molecular formula is C22H25N3O3. The number of rotatable bonds is 5. The third-order valence-corrected chi connectivity index (χ3v) is 4.89. The van der Waals surface area contributed by atoms with Gasteiger partial charge in [0.25, 0.3) is 0 Å². The Morgan fingerprint density at radius 3 is 2.61 bits per heavy atom. The number of piperazine rings is 1. The highest BCUT2D eigenvalue weighted by Crippen LogP contribution is 2.17. The van der Waals surface area contributed by atoms with Crippen LogP contribution in [-0.4, -0.2) is 41.8 Å². The van der Waals surface area contributed by atoms with E-state index in [0.717, 1.165) is 16.7 Å². The van der Waals surface area contributed by atoms with Gasteiger partial charge < -0.3 is 15.5 Å². The van der Waals surface area contributed by atoms with Gasteiger partial charge in [-0.05, 0) is 31.0 Å². The molecule has 1 aliphatic rings. The molecule has 1 aliphatic heterocycles. The predicted octanol–water partition coefficient (Wildman–Crippen LogP) is 2.20. The summed E-state index contributed by atoms with van der Waals surface area (Å²) in [5, 5.41) is 5.61. The summed E-state index contributed by atoms with van der Waals surface area (Å²) in [7, 11) is 0. The zero-order chi connectivity index (χ0) is 20.1. The summed E-state index contributed by atoms with van der Waals surface area (Å²) in [6.07, 6.45) is 0.142. The van der Waals surface area contributed by atoms with E-state index >= 15 is 0 Å². The molecule has 0 saturated carbocycles. The van der Waals surface area contributed by atoms with Crippen LogP contribution in [0.1, 0.15) is 23.1 Å². The van der Waals surface area contributed by atoms with Crippen molar-refractivity contribution in [3.8, 4) is 0 Å². The molecule has 3 amide bonds. The van der Waals surface area contributed by atoms with Gasteiger partial charge in [0.1, 0.15) is 12.5 Å².